The van der Waals surface area contributed by atoms with Crippen molar-refractivity contribution in [1.29, 1.82) is 0 Å². The fraction of sp³-hybridized carbons (Fsp3) is 0.342. The van der Waals surface area contributed by atoms with Crippen LogP contribution in [0.1, 0.15) is 42.5 Å². The number of nitrogens with zero attached hydrogens (tertiary/aromatic N) is 2. The maximum atomic E-state index is 14.3. The predicted molar refractivity (Wildman–Crippen MR) is 186 cm³/mol. The van der Waals surface area contributed by atoms with Crippen molar-refractivity contribution in [3.63, 3.8) is 0 Å². The van der Waals surface area contributed by atoms with Crippen LogP contribution in [-0.2, 0) is 36.8 Å². The van der Waals surface area contributed by atoms with Crippen LogP contribution in [0.25, 0.3) is 10.9 Å². The van der Waals surface area contributed by atoms with Gasteiger partial charge in [-0.2, -0.15) is 0 Å². The molecule has 2 aliphatic heterocycles. The van der Waals surface area contributed by atoms with Gasteiger partial charge in [-0.3, -0.25) is 24.0 Å². The van der Waals surface area contributed by atoms with Gasteiger partial charge >= 0.3 is 0 Å². The number of carbonyl (C=O) groups is 5. The highest BCUT2D eigenvalue weighted by molar-refractivity contribution is 5.96. The van der Waals surface area contributed by atoms with E-state index in [9.17, 15) is 29.1 Å². The molecular formula is C38H42N6O6. The zero-order valence-corrected chi connectivity index (χ0v) is 27.9. The number of rotatable bonds is 6. The van der Waals surface area contributed by atoms with E-state index in [-0.39, 0.29) is 44.8 Å². The van der Waals surface area contributed by atoms with Crippen LogP contribution in [0.2, 0.25) is 0 Å². The smallest absolute Gasteiger partial charge is 0.246 e. The van der Waals surface area contributed by atoms with Gasteiger partial charge in [0.25, 0.3) is 0 Å². The normalized spacial score (nSPS) is 23.8. The van der Waals surface area contributed by atoms with Crippen LogP contribution in [0.4, 0.5) is 0 Å². The van der Waals surface area contributed by atoms with E-state index in [0.717, 1.165) is 22.0 Å². The monoisotopic (exact) mass is 678 g/mol. The van der Waals surface area contributed by atoms with Gasteiger partial charge in [0, 0.05) is 49.5 Å². The van der Waals surface area contributed by atoms with Gasteiger partial charge in [-0.05, 0) is 36.1 Å². The maximum Gasteiger partial charge on any atom is 0.246 e. The van der Waals surface area contributed by atoms with Crippen molar-refractivity contribution in [1.82, 2.24) is 30.7 Å². The number of H-pyrrole nitrogens is 1. The minimum absolute atomic E-state index is 0.0179. The lowest BCUT2D eigenvalue weighted by molar-refractivity contribution is -0.142. The Hall–Kier alpha value is -5.49. The number of aromatic amines is 1. The average Bonchev–Trinajstić information content (AvgIpc) is 3.73. The van der Waals surface area contributed by atoms with Crippen LogP contribution in [0.5, 0.6) is 0 Å². The summed E-state index contributed by atoms with van der Waals surface area (Å²) in [6.45, 7) is 1.03. The van der Waals surface area contributed by atoms with Crippen molar-refractivity contribution in [3.05, 3.63) is 108 Å². The third kappa shape index (κ3) is 8.03. The van der Waals surface area contributed by atoms with Gasteiger partial charge in [0.1, 0.15) is 18.1 Å². The number of para-hydroxylation sites is 1. The molecule has 5 amide bonds. The van der Waals surface area contributed by atoms with Crippen LogP contribution in [0, 0.1) is 0 Å². The quantitative estimate of drug-likeness (QED) is 0.210. The lowest BCUT2D eigenvalue weighted by atomic mass is 10.0. The van der Waals surface area contributed by atoms with Crippen LogP contribution in [-0.4, -0.2) is 93.3 Å². The number of benzene rings is 3. The molecule has 12 nitrogen and oxygen atoms in total. The Morgan fingerprint density at radius 3 is 2.30 bits per heavy atom. The van der Waals surface area contributed by atoms with E-state index in [1.54, 1.807) is 13.1 Å². The molecule has 2 fully saturated rings. The molecule has 12 heteroatoms. The third-order valence-corrected chi connectivity index (χ3v) is 9.43. The predicted octanol–water partition coefficient (Wildman–Crippen LogP) is 1.99. The van der Waals surface area contributed by atoms with Gasteiger partial charge in [-0.25, -0.2) is 0 Å². The van der Waals surface area contributed by atoms with Crippen molar-refractivity contribution in [3.8, 4) is 0 Å². The molecule has 0 radical (unpaired) electrons. The number of hydrogen-bond acceptors (Lipinski definition) is 6. The van der Waals surface area contributed by atoms with Crippen LogP contribution in [0.3, 0.4) is 0 Å². The number of hydrogen-bond donors (Lipinski definition) is 5. The van der Waals surface area contributed by atoms with Crippen LogP contribution in [0.15, 0.2) is 91.1 Å². The van der Waals surface area contributed by atoms with Gasteiger partial charge in [-0.15, -0.1) is 0 Å². The number of carbonyl (C=O) groups excluding carboxylic acids is 5. The van der Waals surface area contributed by atoms with Crippen molar-refractivity contribution in [2.24, 2.45) is 0 Å². The molecule has 0 unspecified atom stereocenters. The Kier molecular flexibility index (Phi) is 10.6. The first-order valence-corrected chi connectivity index (χ1v) is 17.0. The Morgan fingerprint density at radius 1 is 0.840 bits per heavy atom. The van der Waals surface area contributed by atoms with E-state index in [2.05, 4.69) is 20.9 Å². The highest BCUT2D eigenvalue weighted by Gasteiger charge is 2.42. The minimum atomic E-state index is -1.11. The summed E-state index contributed by atoms with van der Waals surface area (Å²) >= 11 is 0. The number of amides is 5. The van der Waals surface area contributed by atoms with E-state index in [0.29, 0.717) is 12.0 Å². The summed E-state index contributed by atoms with van der Waals surface area (Å²) in [5, 5.41) is 20.1. The SMILES string of the molecule is C[C@@H]1NC(=O)[C@@H]2C[C@@H](O)CN2C(=O)[C@@H](Cc2c[nH]c3ccccc23)NC(=O)CN(C(=O)CCc2ccccc2)C[C@@H](c2ccccc2)NC1=O. The molecular weight excluding hydrogens is 636 g/mol. The van der Waals surface area contributed by atoms with E-state index in [1.807, 2.05) is 84.9 Å². The largest absolute Gasteiger partial charge is 0.391 e. The molecule has 6 rings (SSSR count). The minimum Gasteiger partial charge on any atom is -0.391 e. The van der Waals surface area contributed by atoms with Crippen LogP contribution < -0.4 is 16.0 Å². The first kappa shape index (κ1) is 34.4. The second-order valence-corrected chi connectivity index (χ2v) is 13.0. The number of aryl methyl sites for hydroxylation is 1. The first-order chi connectivity index (χ1) is 24.2. The van der Waals surface area contributed by atoms with Gasteiger partial charge in [0.15, 0.2) is 0 Å². The molecule has 0 spiro atoms. The average molecular weight is 679 g/mol. The summed E-state index contributed by atoms with van der Waals surface area (Å²) in [6, 6.07) is 22.4. The maximum absolute atomic E-state index is 14.3. The summed E-state index contributed by atoms with van der Waals surface area (Å²) in [5.74, 6) is -2.50. The third-order valence-electron chi connectivity index (χ3n) is 9.43. The fourth-order valence-electron chi connectivity index (χ4n) is 6.76. The van der Waals surface area contributed by atoms with Crippen molar-refractivity contribution in [2.45, 2.75) is 62.9 Å². The highest BCUT2D eigenvalue weighted by atomic mass is 16.3. The lowest BCUT2D eigenvalue weighted by Crippen LogP contribution is -2.56. The van der Waals surface area contributed by atoms with Crippen molar-refractivity contribution < 1.29 is 29.1 Å². The van der Waals surface area contributed by atoms with Crippen molar-refractivity contribution >= 4 is 40.4 Å². The summed E-state index contributed by atoms with van der Waals surface area (Å²) in [6.07, 6.45) is 1.46. The zero-order chi connectivity index (χ0) is 35.2. The lowest BCUT2D eigenvalue weighted by Gasteiger charge is -2.30. The van der Waals surface area contributed by atoms with Gasteiger partial charge in [0.2, 0.25) is 29.5 Å². The molecule has 2 aliphatic rings. The zero-order valence-electron chi connectivity index (χ0n) is 27.9. The van der Waals surface area contributed by atoms with E-state index >= 15 is 0 Å². The summed E-state index contributed by atoms with van der Waals surface area (Å²) in [4.78, 5) is 75.1. The molecule has 5 atom stereocenters. The van der Waals surface area contributed by atoms with Gasteiger partial charge in [0.05, 0.1) is 18.7 Å². The van der Waals surface area contributed by atoms with E-state index in [4.69, 9.17) is 0 Å². The molecule has 4 aromatic rings. The molecule has 3 heterocycles. The van der Waals surface area contributed by atoms with Gasteiger partial charge < -0.3 is 35.8 Å². The number of nitrogens with one attached hydrogen (secondary N) is 4. The number of aliphatic hydroxyl groups excluding tert-OH is 1. The Labute approximate surface area is 290 Å². The Bertz CT molecular complexity index is 1850. The van der Waals surface area contributed by atoms with E-state index < -0.39 is 53.9 Å². The fourth-order valence-corrected chi connectivity index (χ4v) is 6.76. The van der Waals surface area contributed by atoms with Crippen molar-refractivity contribution in [2.75, 3.05) is 19.6 Å². The summed E-state index contributed by atoms with van der Waals surface area (Å²) in [5.41, 5.74) is 3.32. The molecule has 3 aromatic carbocycles. The highest BCUT2D eigenvalue weighted by Crippen LogP contribution is 2.24. The standard InChI is InChI=1S/C38H42N6O6/c1-24-36(48)42-32(26-12-6-3-7-13-26)22-43(35(47)17-16-25-10-4-2-5-11-25)23-34(46)41-31(18-27-20-39-30-15-9-8-14-29(27)30)38(50)44-21-28(45)19-33(44)37(49)40-24/h2-15,20,24,28,31-33,39,45H,16-19,21-23H2,1H3,(H,40,49)(H,41,46)(H,42,48)/t24-,28+,31+,32-,33-/m0/s1. The summed E-state index contributed by atoms with van der Waals surface area (Å²) < 4.78 is 0. The molecule has 0 aliphatic carbocycles. The molecule has 260 valence electrons. The molecule has 50 heavy (non-hydrogen) atoms. The molecule has 0 saturated carbocycles. The molecule has 2 saturated heterocycles. The van der Waals surface area contributed by atoms with E-state index in [1.165, 1.54) is 9.80 Å². The molecule has 0 bridgehead atoms. The Morgan fingerprint density at radius 2 is 1.54 bits per heavy atom. The molecule has 1 aromatic heterocycles. The molecule has 5 N–H and O–H groups in total. The topological polar surface area (TPSA) is 164 Å². The number of aromatic nitrogens is 1. The number of aliphatic hydroxyl groups is 1. The Balaban J connectivity index is 1.35. The van der Waals surface area contributed by atoms with Crippen LogP contribution >= 0.6 is 0 Å². The first-order valence-electron chi connectivity index (χ1n) is 17.0. The second-order valence-electron chi connectivity index (χ2n) is 13.0. The van der Waals surface area contributed by atoms with Gasteiger partial charge in [-0.1, -0.05) is 78.9 Å². The number of fused-ring (bicyclic) bond motifs is 2. The summed E-state index contributed by atoms with van der Waals surface area (Å²) in [7, 11) is 0. The second kappa shape index (κ2) is 15.4.